The molecule has 106 valence electrons. The van der Waals surface area contributed by atoms with Crippen molar-refractivity contribution in [1.29, 1.82) is 0 Å². The Labute approximate surface area is 117 Å². The Kier molecular flexibility index (Phi) is 6.20. The van der Waals surface area contributed by atoms with Crippen molar-refractivity contribution in [2.24, 2.45) is 0 Å². The Morgan fingerprint density at radius 1 is 1.42 bits per heavy atom. The highest BCUT2D eigenvalue weighted by Crippen LogP contribution is 2.17. The summed E-state index contributed by atoms with van der Waals surface area (Å²) in [6.45, 7) is 2.54. The Balaban J connectivity index is 2.53. The third-order valence-electron chi connectivity index (χ3n) is 2.23. The summed E-state index contributed by atoms with van der Waals surface area (Å²) >= 11 is 5.71. The highest BCUT2D eigenvalue weighted by Gasteiger charge is 2.17. The predicted octanol–water partition coefficient (Wildman–Crippen LogP) is 0.930. The zero-order chi connectivity index (χ0) is 14.3. The van der Waals surface area contributed by atoms with Crippen molar-refractivity contribution in [2.75, 3.05) is 13.1 Å². The molecule has 1 heterocycles. The van der Waals surface area contributed by atoms with Gasteiger partial charge in [0, 0.05) is 25.7 Å². The molecular weight excluding hydrogens is 290 g/mol. The van der Waals surface area contributed by atoms with Crippen molar-refractivity contribution in [3.8, 4) is 0 Å². The standard InChI is InChI=1S/C11H16ClN3O3S/c1-2-6-13-10(16)5-8-15-19(17,18)9-4-3-7-14-11(9)12/h3-4,7,15H,2,5-6,8H2,1H3,(H,13,16). The zero-order valence-corrected chi connectivity index (χ0v) is 12.1. The molecule has 8 heteroatoms. The molecule has 1 amide bonds. The van der Waals surface area contributed by atoms with Crippen molar-refractivity contribution in [1.82, 2.24) is 15.0 Å². The number of hydrogen-bond donors (Lipinski definition) is 2. The van der Waals surface area contributed by atoms with Crippen molar-refractivity contribution in [3.63, 3.8) is 0 Å². The van der Waals surface area contributed by atoms with Crippen molar-refractivity contribution in [2.45, 2.75) is 24.7 Å². The molecule has 19 heavy (non-hydrogen) atoms. The van der Waals surface area contributed by atoms with Crippen LogP contribution in [0.25, 0.3) is 0 Å². The highest BCUT2D eigenvalue weighted by molar-refractivity contribution is 7.89. The fourth-order valence-electron chi connectivity index (χ4n) is 1.30. The van der Waals surface area contributed by atoms with Crippen LogP contribution in [0.1, 0.15) is 19.8 Å². The second-order valence-electron chi connectivity index (χ2n) is 3.79. The maximum atomic E-state index is 11.9. The van der Waals surface area contributed by atoms with Crippen LogP contribution in [0, 0.1) is 0 Å². The number of aromatic nitrogens is 1. The van der Waals surface area contributed by atoms with E-state index in [1.807, 2.05) is 6.92 Å². The van der Waals surface area contributed by atoms with Crippen molar-refractivity contribution >= 4 is 27.5 Å². The predicted molar refractivity (Wildman–Crippen MR) is 72.4 cm³/mol. The largest absolute Gasteiger partial charge is 0.356 e. The molecule has 0 radical (unpaired) electrons. The molecule has 0 saturated heterocycles. The zero-order valence-electron chi connectivity index (χ0n) is 10.5. The van der Waals surface area contributed by atoms with E-state index in [0.29, 0.717) is 6.54 Å². The lowest BCUT2D eigenvalue weighted by Crippen LogP contribution is -2.31. The average molecular weight is 306 g/mol. The van der Waals surface area contributed by atoms with Gasteiger partial charge in [0.1, 0.15) is 10.0 Å². The van der Waals surface area contributed by atoms with Gasteiger partial charge >= 0.3 is 0 Å². The van der Waals surface area contributed by atoms with Crippen molar-refractivity contribution < 1.29 is 13.2 Å². The molecule has 0 fully saturated rings. The lowest BCUT2D eigenvalue weighted by Gasteiger charge is -2.07. The fraction of sp³-hybridized carbons (Fsp3) is 0.455. The van der Waals surface area contributed by atoms with Gasteiger partial charge in [-0.3, -0.25) is 4.79 Å². The van der Waals surface area contributed by atoms with Crippen LogP contribution >= 0.6 is 11.6 Å². The molecule has 6 nitrogen and oxygen atoms in total. The SMILES string of the molecule is CCCNC(=O)CCNS(=O)(=O)c1cccnc1Cl. The molecule has 0 unspecified atom stereocenters. The van der Waals surface area contributed by atoms with Crippen LogP contribution in [-0.4, -0.2) is 32.4 Å². The smallest absolute Gasteiger partial charge is 0.243 e. The van der Waals surface area contributed by atoms with Gasteiger partial charge in [-0.2, -0.15) is 0 Å². The van der Waals surface area contributed by atoms with E-state index in [-0.39, 0.29) is 28.9 Å². The number of nitrogens with one attached hydrogen (secondary N) is 2. The van der Waals surface area contributed by atoms with Gasteiger partial charge in [-0.1, -0.05) is 18.5 Å². The number of sulfonamides is 1. The minimum absolute atomic E-state index is 0.0170. The van der Waals surface area contributed by atoms with Crippen LogP contribution in [0.2, 0.25) is 5.15 Å². The molecule has 0 saturated carbocycles. The monoisotopic (exact) mass is 305 g/mol. The quantitative estimate of drug-likeness (QED) is 0.734. The lowest BCUT2D eigenvalue weighted by molar-refractivity contribution is -0.120. The number of amides is 1. The van der Waals surface area contributed by atoms with E-state index < -0.39 is 10.0 Å². The molecule has 0 aliphatic carbocycles. The first-order chi connectivity index (χ1) is 8.97. The Hall–Kier alpha value is -1.18. The van der Waals surface area contributed by atoms with Gasteiger partial charge in [0.15, 0.2) is 0 Å². The summed E-state index contributed by atoms with van der Waals surface area (Å²) in [5.74, 6) is -0.193. The third kappa shape index (κ3) is 5.14. The van der Waals surface area contributed by atoms with Gasteiger partial charge in [0.25, 0.3) is 0 Å². The Morgan fingerprint density at radius 2 is 2.16 bits per heavy atom. The number of rotatable bonds is 7. The lowest BCUT2D eigenvalue weighted by atomic mass is 10.4. The minimum atomic E-state index is -3.73. The van der Waals surface area contributed by atoms with Gasteiger partial charge in [-0.25, -0.2) is 18.1 Å². The van der Waals surface area contributed by atoms with Crippen LogP contribution in [0.5, 0.6) is 0 Å². The van der Waals surface area contributed by atoms with Crippen LogP contribution in [-0.2, 0) is 14.8 Å². The maximum Gasteiger partial charge on any atom is 0.243 e. The number of carbonyl (C=O) groups excluding carboxylic acids is 1. The van der Waals surface area contributed by atoms with Crippen LogP contribution in [0.4, 0.5) is 0 Å². The van der Waals surface area contributed by atoms with E-state index in [0.717, 1.165) is 6.42 Å². The molecule has 2 N–H and O–H groups in total. The average Bonchev–Trinajstić information content (AvgIpc) is 2.36. The fourth-order valence-corrected chi connectivity index (χ4v) is 2.78. The molecule has 0 bridgehead atoms. The molecule has 1 aromatic heterocycles. The van der Waals surface area contributed by atoms with E-state index >= 15 is 0 Å². The van der Waals surface area contributed by atoms with Gasteiger partial charge in [-0.05, 0) is 18.6 Å². The first-order valence-electron chi connectivity index (χ1n) is 5.84. The summed E-state index contributed by atoms with van der Waals surface area (Å²) in [6, 6.07) is 2.84. The molecule has 1 rings (SSSR count). The molecule has 1 aromatic rings. The van der Waals surface area contributed by atoms with E-state index in [4.69, 9.17) is 11.6 Å². The third-order valence-corrected chi connectivity index (χ3v) is 4.14. The number of nitrogens with zero attached hydrogens (tertiary/aromatic N) is 1. The minimum Gasteiger partial charge on any atom is -0.356 e. The number of carbonyl (C=O) groups is 1. The van der Waals surface area contributed by atoms with E-state index in [9.17, 15) is 13.2 Å². The van der Waals surface area contributed by atoms with Gasteiger partial charge in [-0.15, -0.1) is 0 Å². The first kappa shape index (κ1) is 15.9. The molecule has 0 atom stereocenters. The number of halogens is 1. The Bertz CT molecular complexity index is 534. The van der Waals surface area contributed by atoms with Gasteiger partial charge in [0.05, 0.1) is 0 Å². The highest BCUT2D eigenvalue weighted by atomic mass is 35.5. The number of hydrogen-bond acceptors (Lipinski definition) is 4. The topological polar surface area (TPSA) is 88.2 Å². The number of pyridine rings is 1. The summed E-state index contributed by atoms with van der Waals surface area (Å²) in [7, 11) is -3.73. The molecule has 0 aromatic carbocycles. The summed E-state index contributed by atoms with van der Waals surface area (Å²) in [5.41, 5.74) is 0. The summed E-state index contributed by atoms with van der Waals surface area (Å²) < 4.78 is 26.1. The van der Waals surface area contributed by atoms with Crippen LogP contribution in [0.3, 0.4) is 0 Å². The van der Waals surface area contributed by atoms with E-state index in [1.54, 1.807) is 0 Å². The van der Waals surface area contributed by atoms with E-state index in [1.165, 1.54) is 18.3 Å². The maximum absolute atomic E-state index is 11.9. The second kappa shape index (κ2) is 7.42. The second-order valence-corrected chi connectivity index (χ2v) is 5.88. The van der Waals surface area contributed by atoms with Crippen LogP contribution in [0.15, 0.2) is 23.2 Å². The summed E-state index contributed by atoms with van der Waals surface area (Å²) in [6.07, 6.45) is 2.32. The van der Waals surface area contributed by atoms with E-state index in [2.05, 4.69) is 15.0 Å². The summed E-state index contributed by atoms with van der Waals surface area (Å²) in [5, 5.41) is 2.57. The molecule has 0 aliphatic rings. The van der Waals surface area contributed by atoms with Crippen LogP contribution < -0.4 is 10.0 Å². The van der Waals surface area contributed by atoms with Gasteiger partial charge in [0.2, 0.25) is 15.9 Å². The molecule has 0 aliphatic heterocycles. The first-order valence-corrected chi connectivity index (χ1v) is 7.70. The Morgan fingerprint density at radius 3 is 2.79 bits per heavy atom. The summed E-state index contributed by atoms with van der Waals surface area (Å²) in [4.78, 5) is 14.9. The normalized spacial score (nSPS) is 11.3. The molecule has 0 spiro atoms. The van der Waals surface area contributed by atoms with Crippen molar-refractivity contribution in [3.05, 3.63) is 23.5 Å². The van der Waals surface area contributed by atoms with Gasteiger partial charge < -0.3 is 5.32 Å². The molecular formula is C11H16ClN3O3S.